The molecule has 174 valence electrons. The molecule has 33 heavy (non-hydrogen) atoms. The molecule has 2 unspecified atom stereocenters. The number of fused-ring (bicyclic) bond motifs is 2. The number of amides is 2. The van der Waals surface area contributed by atoms with Crippen LogP contribution in [0, 0.1) is 0 Å². The summed E-state index contributed by atoms with van der Waals surface area (Å²) in [5.74, 6) is -0.464. The van der Waals surface area contributed by atoms with E-state index in [2.05, 4.69) is 18.0 Å². The first kappa shape index (κ1) is 23.1. The highest BCUT2D eigenvalue weighted by Crippen LogP contribution is 2.45. The summed E-state index contributed by atoms with van der Waals surface area (Å²) in [7, 11) is 1.63. The summed E-state index contributed by atoms with van der Waals surface area (Å²) in [5, 5.41) is 1.03. The fraction of sp³-hybridized carbons (Fsp3) is 0.407. The zero-order valence-electron chi connectivity index (χ0n) is 19.7. The van der Waals surface area contributed by atoms with Crippen LogP contribution in [0.1, 0.15) is 60.1 Å². The average molecular weight is 448 g/mol. The maximum Gasteiger partial charge on any atom is 0.254 e. The number of benzene rings is 2. The Labute approximate surface area is 195 Å². The van der Waals surface area contributed by atoms with Crippen molar-refractivity contribution in [2.45, 2.75) is 38.6 Å². The first-order chi connectivity index (χ1) is 16.1. The monoisotopic (exact) mass is 447 g/mol. The fourth-order valence-corrected chi connectivity index (χ4v) is 4.95. The predicted octanol–water partition coefficient (Wildman–Crippen LogP) is 4.74. The highest BCUT2D eigenvalue weighted by molar-refractivity contribution is 6.02. The Morgan fingerprint density at radius 1 is 1.09 bits per heavy atom. The van der Waals surface area contributed by atoms with Crippen molar-refractivity contribution in [1.82, 2.24) is 14.8 Å². The van der Waals surface area contributed by atoms with Gasteiger partial charge < -0.3 is 19.5 Å². The van der Waals surface area contributed by atoms with E-state index >= 15 is 0 Å². The van der Waals surface area contributed by atoms with Crippen LogP contribution >= 0.6 is 0 Å². The summed E-state index contributed by atoms with van der Waals surface area (Å²) < 4.78 is 5.35. The number of unbranched alkanes of at least 4 members (excludes halogenated alkanes) is 1. The van der Waals surface area contributed by atoms with E-state index in [-0.39, 0.29) is 11.8 Å². The normalized spacial score (nSPS) is 17.9. The fourth-order valence-electron chi connectivity index (χ4n) is 4.95. The third-order valence-corrected chi connectivity index (χ3v) is 6.66. The molecule has 1 aliphatic heterocycles. The zero-order chi connectivity index (χ0) is 23.4. The molecule has 6 heteroatoms. The summed E-state index contributed by atoms with van der Waals surface area (Å²) >= 11 is 0. The number of likely N-dealkylation sites (N-methyl/N-ethyl adjacent to an activating group) is 1. The second-order valence-corrected chi connectivity index (χ2v) is 8.56. The summed E-state index contributed by atoms with van der Waals surface area (Å²) in [4.78, 5) is 34.9. The smallest absolute Gasteiger partial charge is 0.254 e. The van der Waals surface area contributed by atoms with Gasteiger partial charge in [0.1, 0.15) is 0 Å². The molecular weight excluding hydrogens is 414 g/mol. The van der Waals surface area contributed by atoms with Gasteiger partial charge >= 0.3 is 0 Å². The van der Waals surface area contributed by atoms with Gasteiger partial charge in [0.25, 0.3) is 5.91 Å². The molecule has 2 aromatic carbocycles. The van der Waals surface area contributed by atoms with Crippen LogP contribution in [0.15, 0.2) is 54.7 Å². The lowest BCUT2D eigenvalue weighted by molar-refractivity contribution is -0.134. The van der Waals surface area contributed by atoms with Crippen molar-refractivity contribution >= 4 is 22.7 Å². The van der Waals surface area contributed by atoms with E-state index in [0.717, 1.165) is 41.4 Å². The van der Waals surface area contributed by atoms with E-state index in [1.54, 1.807) is 7.11 Å². The molecule has 2 heterocycles. The number of para-hydroxylation sites is 1. The number of carbonyl (C=O) groups excluding carboxylic acids is 2. The third-order valence-electron chi connectivity index (χ3n) is 6.66. The van der Waals surface area contributed by atoms with E-state index in [1.807, 2.05) is 65.4 Å². The van der Waals surface area contributed by atoms with E-state index in [9.17, 15) is 9.59 Å². The van der Waals surface area contributed by atoms with Gasteiger partial charge in [-0.25, -0.2) is 0 Å². The number of hydrogen-bond donors (Lipinski definition) is 1. The minimum atomic E-state index is -0.480. The van der Waals surface area contributed by atoms with E-state index in [1.165, 1.54) is 0 Å². The Balaban J connectivity index is 1.90. The van der Waals surface area contributed by atoms with Crippen molar-refractivity contribution in [2.75, 3.05) is 33.4 Å². The number of rotatable bonds is 9. The van der Waals surface area contributed by atoms with Crippen molar-refractivity contribution in [1.29, 1.82) is 0 Å². The standard InChI is InChI=1S/C27H33N3O3/c1-4-6-15-29(5-2)27(32)24-20-12-7-8-13-21(20)26(31)30(16-17-33-3)25(24)22-18-28-23-14-10-9-11-19(22)23/h7-14,18,24-25,28H,4-6,15-17H2,1-3H3. The average Bonchev–Trinajstić information content (AvgIpc) is 3.27. The Hall–Kier alpha value is -3.12. The second kappa shape index (κ2) is 10.2. The van der Waals surface area contributed by atoms with Crippen LogP contribution in [0.4, 0.5) is 0 Å². The van der Waals surface area contributed by atoms with Gasteiger partial charge in [-0.2, -0.15) is 0 Å². The van der Waals surface area contributed by atoms with Gasteiger partial charge in [0, 0.05) is 55.0 Å². The lowest BCUT2D eigenvalue weighted by atomic mass is 9.78. The first-order valence-electron chi connectivity index (χ1n) is 11.9. The van der Waals surface area contributed by atoms with Crippen molar-refractivity contribution in [2.24, 2.45) is 0 Å². The SMILES string of the molecule is CCCCN(CC)C(=O)C1c2ccccc2C(=O)N(CCOC)C1c1c[nH]c2ccccc12. The van der Waals surface area contributed by atoms with Crippen LogP contribution in [0.3, 0.4) is 0 Å². The number of ether oxygens (including phenoxy) is 1. The third kappa shape index (κ3) is 4.27. The molecule has 0 aliphatic carbocycles. The summed E-state index contributed by atoms with van der Waals surface area (Å²) in [6.45, 7) is 6.34. The van der Waals surface area contributed by atoms with Gasteiger partial charge in [0.05, 0.1) is 18.6 Å². The van der Waals surface area contributed by atoms with Crippen molar-refractivity contribution < 1.29 is 14.3 Å². The minimum Gasteiger partial charge on any atom is -0.383 e. The number of carbonyl (C=O) groups is 2. The molecule has 0 saturated carbocycles. The number of methoxy groups -OCH3 is 1. The van der Waals surface area contributed by atoms with Gasteiger partial charge in [0.2, 0.25) is 5.91 Å². The molecule has 0 radical (unpaired) electrons. The molecule has 4 rings (SSSR count). The molecular formula is C27H33N3O3. The van der Waals surface area contributed by atoms with Crippen molar-refractivity contribution in [3.05, 3.63) is 71.4 Å². The van der Waals surface area contributed by atoms with Crippen LogP contribution in [0.25, 0.3) is 10.9 Å². The number of H-pyrrole nitrogens is 1. The zero-order valence-corrected chi connectivity index (χ0v) is 19.7. The summed E-state index contributed by atoms with van der Waals surface area (Å²) in [6, 6.07) is 15.2. The summed E-state index contributed by atoms with van der Waals surface area (Å²) in [5.41, 5.74) is 3.38. The molecule has 1 aliphatic rings. The lowest BCUT2D eigenvalue weighted by Gasteiger charge is -2.43. The topological polar surface area (TPSA) is 65.6 Å². The molecule has 0 bridgehead atoms. The molecule has 0 fully saturated rings. The van der Waals surface area contributed by atoms with Crippen LogP contribution < -0.4 is 0 Å². The number of aromatic amines is 1. The largest absolute Gasteiger partial charge is 0.383 e. The number of hydrogen-bond acceptors (Lipinski definition) is 3. The Bertz CT molecular complexity index is 1120. The van der Waals surface area contributed by atoms with Crippen LogP contribution in [-0.2, 0) is 9.53 Å². The van der Waals surface area contributed by atoms with E-state index in [0.29, 0.717) is 25.3 Å². The Kier molecular flexibility index (Phi) is 7.14. The molecule has 2 atom stereocenters. The number of nitrogens with zero attached hydrogens (tertiary/aromatic N) is 2. The first-order valence-corrected chi connectivity index (χ1v) is 11.9. The van der Waals surface area contributed by atoms with Crippen molar-refractivity contribution in [3.63, 3.8) is 0 Å². The van der Waals surface area contributed by atoms with Crippen LogP contribution in [-0.4, -0.2) is 59.9 Å². The Morgan fingerprint density at radius 2 is 1.85 bits per heavy atom. The van der Waals surface area contributed by atoms with E-state index in [4.69, 9.17) is 4.74 Å². The summed E-state index contributed by atoms with van der Waals surface area (Å²) in [6.07, 6.45) is 3.94. The Morgan fingerprint density at radius 3 is 2.61 bits per heavy atom. The number of nitrogens with one attached hydrogen (secondary N) is 1. The van der Waals surface area contributed by atoms with Crippen LogP contribution in [0.5, 0.6) is 0 Å². The number of aromatic nitrogens is 1. The van der Waals surface area contributed by atoms with Gasteiger partial charge in [0.15, 0.2) is 0 Å². The minimum absolute atomic E-state index is 0.0569. The highest BCUT2D eigenvalue weighted by atomic mass is 16.5. The van der Waals surface area contributed by atoms with Gasteiger partial charge in [-0.15, -0.1) is 0 Å². The predicted molar refractivity (Wildman–Crippen MR) is 130 cm³/mol. The maximum atomic E-state index is 14.1. The maximum absolute atomic E-state index is 14.1. The molecule has 6 nitrogen and oxygen atoms in total. The molecule has 3 aromatic rings. The van der Waals surface area contributed by atoms with Gasteiger partial charge in [-0.1, -0.05) is 49.7 Å². The van der Waals surface area contributed by atoms with Crippen molar-refractivity contribution in [3.8, 4) is 0 Å². The molecule has 0 spiro atoms. The van der Waals surface area contributed by atoms with Gasteiger partial charge in [-0.3, -0.25) is 9.59 Å². The quantitative estimate of drug-likeness (QED) is 0.515. The second-order valence-electron chi connectivity index (χ2n) is 8.56. The lowest BCUT2D eigenvalue weighted by Crippen LogP contribution is -2.49. The van der Waals surface area contributed by atoms with Gasteiger partial charge in [-0.05, 0) is 31.0 Å². The molecule has 1 N–H and O–H groups in total. The molecule has 2 amide bonds. The van der Waals surface area contributed by atoms with E-state index < -0.39 is 12.0 Å². The molecule has 0 saturated heterocycles. The van der Waals surface area contributed by atoms with Crippen LogP contribution in [0.2, 0.25) is 0 Å². The highest BCUT2D eigenvalue weighted by Gasteiger charge is 2.45. The molecule has 1 aromatic heterocycles.